The van der Waals surface area contributed by atoms with E-state index >= 15 is 0 Å². The lowest BCUT2D eigenvalue weighted by atomic mass is 9.97. The van der Waals surface area contributed by atoms with Crippen LogP contribution >= 0.6 is 0 Å². The molecule has 4 rings (SSSR count). The Bertz CT molecular complexity index is 939. The normalized spacial score (nSPS) is 19.0. The summed E-state index contributed by atoms with van der Waals surface area (Å²) in [6, 6.07) is 17.2. The number of hydrogen-bond acceptors (Lipinski definition) is 5. The molecule has 2 unspecified atom stereocenters. The molecular formula is C22H25N5O2. The number of amides is 2. The molecule has 2 heterocycles. The van der Waals surface area contributed by atoms with Gasteiger partial charge in [0.25, 0.3) is 5.91 Å². The Kier molecular flexibility index (Phi) is 5.33. The first-order valence-corrected chi connectivity index (χ1v) is 9.71. The maximum absolute atomic E-state index is 13.1. The zero-order valence-electron chi connectivity index (χ0n) is 16.3. The molecule has 2 aromatic carbocycles. The van der Waals surface area contributed by atoms with Crippen molar-refractivity contribution in [2.24, 2.45) is 5.73 Å². The number of benzene rings is 2. The van der Waals surface area contributed by atoms with E-state index in [0.29, 0.717) is 18.7 Å². The lowest BCUT2D eigenvalue weighted by Gasteiger charge is -2.26. The molecule has 2 aromatic rings. The van der Waals surface area contributed by atoms with Crippen LogP contribution in [0.4, 0.5) is 0 Å². The van der Waals surface area contributed by atoms with Crippen LogP contribution < -0.4 is 21.9 Å². The van der Waals surface area contributed by atoms with Crippen molar-refractivity contribution < 1.29 is 9.59 Å². The Morgan fingerprint density at radius 2 is 1.86 bits per heavy atom. The monoisotopic (exact) mass is 391 g/mol. The Morgan fingerprint density at radius 1 is 1.14 bits per heavy atom. The summed E-state index contributed by atoms with van der Waals surface area (Å²) in [7, 11) is 1.62. The summed E-state index contributed by atoms with van der Waals surface area (Å²) in [5, 5.41) is 2.62. The Labute approximate surface area is 169 Å². The van der Waals surface area contributed by atoms with Gasteiger partial charge in [-0.3, -0.25) is 9.59 Å². The van der Waals surface area contributed by atoms with E-state index in [1.807, 2.05) is 59.5 Å². The van der Waals surface area contributed by atoms with E-state index in [-0.39, 0.29) is 30.3 Å². The predicted octanol–water partition coefficient (Wildman–Crippen LogP) is 1.03. The highest BCUT2D eigenvalue weighted by molar-refractivity contribution is 5.94. The fourth-order valence-electron chi connectivity index (χ4n) is 3.98. The van der Waals surface area contributed by atoms with Crippen molar-refractivity contribution in [1.82, 2.24) is 21.1 Å². The lowest BCUT2D eigenvalue weighted by Crippen LogP contribution is -2.41. The van der Waals surface area contributed by atoms with Crippen molar-refractivity contribution in [3.8, 4) is 0 Å². The maximum Gasteiger partial charge on any atom is 0.251 e. The number of nitrogens with two attached hydrogens (primary N) is 1. The average molecular weight is 391 g/mol. The quantitative estimate of drug-likeness (QED) is 0.610. The van der Waals surface area contributed by atoms with Gasteiger partial charge in [-0.2, -0.15) is 0 Å². The van der Waals surface area contributed by atoms with Crippen molar-refractivity contribution in [3.05, 3.63) is 82.6 Å². The van der Waals surface area contributed by atoms with E-state index in [1.165, 1.54) is 0 Å². The van der Waals surface area contributed by atoms with E-state index in [0.717, 1.165) is 22.4 Å². The Morgan fingerprint density at radius 3 is 2.52 bits per heavy atom. The predicted molar refractivity (Wildman–Crippen MR) is 111 cm³/mol. The second kappa shape index (κ2) is 8.06. The molecule has 150 valence electrons. The number of rotatable bonds is 5. The molecule has 0 spiro atoms. The molecule has 0 aliphatic carbocycles. The molecule has 2 atom stereocenters. The summed E-state index contributed by atoms with van der Waals surface area (Å²) in [6.07, 6.45) is 0. The number of carbonyl (C=O) groups is 2. The first-order chi connectivity index (χ1) is 14.1. The molecule has 2 aliphatic heterocycles. The van der Waals surface area contributed by atoms with Crippen LogP contribution in [0.3, 0.4) is 0 Å². The van der Waals surface area contributed by atoms with Crippen molar-refractivity contribution in [2.75, 3.05) is 26.7 Å². The van der Waals surface area contributed by atoms with Crippen LogP contribution in [-0.2, 0) is 4.79 Å². The standard InChI is InChI=1S/C22H25N5O2/c1-24-21(28)16-9-7-15(8-10-16)20-18-12-27(13-19(18)25-26-20)22(29)17(11-23)14-5-3-2-4-6-14/h2-10,17,20,25-26H,11-13,23H2,1H3,(H,24,28). The topological polar surface area (TPSA) is 99.5 Å². The van der Waals surface area contributed by atoms with E-state index in [4.69, 9.17) is 5.73 Å². The van der Waals surface area contributed by atoms with Gasteiger partial charge in [0, 0.05) is 31.4 Å². The summed E-state index contributed by atoms with van der Waals surface area (Å²) in [5.74, 6) is -0.404. The van der Waals surface area contributed by atoms with E-state index in [2.05, 4.69) is 16.2 Å². The summed E-state index contributed by atoms with van der Waals surface area (Å²) < 4.78 is 0. The molecule has 29 heavy (non-hydrogen) atoms. The molecule has 2 aliphatic rings. The molecular weight excluding hydrogens is 366 g/mol. The summed E-state index contributed by atoms with van der Waals surface area (Å²) in [6.45, 7) is 1.37. The van der Waals surface area contributed by atoms with Gasteiger partial charge in [0.1, 0.15) is 0 Å². The van der Waals surface area contributed by atoms with Gasteiger partial charge in [-0.25, -0.2) is 5.43 Å². The highest BCUT2D eigenvalue weighted by Gasteiger charge is 2.37. The van der Waals surface area contributed by atoms with E-state index < -0.39 is 0 Å². The molecule has 7 heteroatoms. The first-order valence-electron chi connectivity index (χ1n) is 9.71. The van der Waals surface area contributed by atoms with Crippen LogP contribution in [0, 0.1) is 0 Å². The number of nitrogens with one attached hydrogen (secondary N) is 3. The number of carbonyl (C=O) groups excluding carboxylic acids is 2. The van der Waals surface area contributed by atoms with Crippen LogP contribution in [0.1, 0.15) is 33.4 Å². The van der Waals surface area contributed by atoms with Gasteiger partial charge in [0.05, 0.1) is 18.5 Å². The average Bonchev–Trinajstić information content (AvgIpc) is 3.35. The molecule has 0 saturated heterocycles. The fraction of sp³-hybridized carbons (Fsp3) is 0.273. The second-order valence-corrected chi connectivity index (χ2v) is 7.30. The Balaban J connectivity index is 1.48. The molecule has 0 aromatic heterocycles. The third kappa shape index (κ3) is 3.62. The van der Waals surface area contributed by atoms with Gasteiger partial charge in [0.15, 0.2) is 0 Å². The fourth-order valence-corrected chi connectivity index (χ4v) is 3.98. The van der Waals surface area contributed by atoms with Crippen LogP contribution in [0.25, 0.3) is 0 Å². The molecule has 0 bridgehead atoms. The summed E-state index contributed by atoms with van der Waals surface area (Å²) >= 11 is 0. The molecule has 0 radical (unpaired) electrons. The Hall–Kier alpha value is -3.16. The van der Waals surface area contributed by atoms with Gasteiger partial charge in [-0.1, -0.05) is 42.5 Å². The van der Waals surface area contributed by atoms with Gasteiger partial charge in [-0.15, -0.1) is 0 Å². The highest BCUT2D eigenvalue weighted by Crippen LogP contribution is 2.33. The summed E-state index contributed by atoms with van der Waals surface area (Å²) in [5.41, 5.74) is 17.2. The minimum absolute atomic E-state index is 0.0328. The minimum atomic E-state index is -0.338. The van der Waals surface area contributed by atoms with Crippen LogP contribution in [-0.4, -0.2) is 43.4 Å². The van der Waals surface area contributed by atoms with Gasteiger partial charge < -0.3 is 21.4 Å². The van der Waals surface area contributed by atoms with Crippen LogP contribution in [0.5, 0.6) is 0 Å². The SMILES string of the molecule is CNC(=O)c1ccc(C2NNC3=C2CN(C(=O)C(CN)c2ccccc2)C3)cc1. The van der Waals surface area contributed by atoms with Crippen LogP contribution in [0.2, 0.25) is 0 Å². The van der Waals surface area contributed by atoms with Gasteiger partial charge in [0.2, 0.25) is 5.91 Å². The zero-order valence-corrected chi connectivity index (χ0v) is 16.3. The van der Waals surface area contributed by atoms with Crippen molar-refractivity contribution >= 4 is 11.8 Å². The van der Waals surface area contributed by atoms with Crippen molar-refractivity contribution in [3.63, 3.8) is 0 Å². The maximum atomic E-state index is 13.1. The van der Waals surface area contributed by atoms with Gasteiger partial charge >= 0.3 is 0 Å². The van der Waals surface area contributed by atoms with Crippen LogP contribution in [0.15, 0.2) is 65.9 Å². The molecule has 7 nitrogen and oxygen atoms in total. The number of hydrazine groups is 1. The van der Waals surface area contributed by atoms with E-state index in [1.54, 1.807) is 7.05 Å². The lowest BCUT2D eigenvalue weighted by molar-refractivity contribution is -0.131. The van der Waals surface area contributed by atoms with Crippen molar-refractivity contribution in [2.45, 2.75) is 12.0 Å². The molecule has 2 amide bonds. The largest absolute Gasteiger partial charge is 0.355 e. The second-order valence-electron chi connectivity index (χ2n) is 7.30. The third-order valence-electron chi connectivity index (χ3n) is 5.59. The number of nitrogens with zero attached hydrogens (tertiary/aromatic N) is 1. The minimum Gasteiger partial charge on any atom is -0.355 e. The smallest absolute Gasteiger partial charge is 0.251 e. The molecule has 0 saturated carbocycles. The molecule has 0 fully saturated rings. The van der Waals surface area contributed by atoms with E-state index in [9.17, 15) is 9.59 Å². The van der Waals surface area contributed by atoms with Crippen molar-refractivity contribution in [1.29, 1.82) is 0 Å². The first kappa shape index (κ1) is 19.2. The zero-order chi connectivity index (χ0) is 20.4. The van der Waals surface area contributed by atoms with Gasteiger partial charge in [-0.05, 0) is 28.8 Å². The molecule has 5 N–H and O–H groups in total. The summed E-state index contributed by atoms with van der Waals surface area (Å²) in [4.78, 5) is 26.7. The third-order valence-corrected chi connectivity index (χ3v) is 5.59. The highest BCUT2D eigenvalue weighted by atomic mass is 16.2. The number of hydrogen-bond donors (Lipinski definition) is 4.